The molecule has 0 spiro atoms. The van der Waals surface area contributed by atoms with E-state index in [0.717, 1.165) is 80.1 Å². The molecule has 0 amide bonds. The molecule has 8 bridgehead atoms. The number of fused-ring (bicyclic) bond motifs is 8. The Bertz CT molecular complexity index is 1730. The van der Waals surface area contributed by atoms with Gasteiger partial charge in [0.25, 0.3) is 0 Å². The molecule has 0 unspecified atom stereocenters. The molecule has 0 radical (unpaired) electrons. The fourth-order valence-corrected chi connectivity index (χ4v) is 6.06. The number of hydrogen-bond donors (Lipinski definition) is 2. The third kappa shape index (κ3) is 6.10. The van der Waals surface area contributed by atoms with Crippen molar-refractivity contribution >= 4 is 56.3 Å². The Morgan fingerprint density at radius 1 is 0.628 bits per heavy atom. The number of hydrogen-bond acceptors (Lipinski definition) is 4. The normalized spacial score (nSPS) is 13.0. The first-order valence-electron chi connectivity index (χ1n) is 14.5. The summed E-state index contributed by atoms with van der Waals surface area (Å²) in [5.74, 6) is -1.76. The van der Waals surface area contributed by atoms with Crippen LogP contribution < -0.4 is 9.97 Å². The van der Waals surface area contributed by atoms with Gasteiger partial charge >= 0.3 is 29.0 Å². The molecule has 8 nitrogen and oxygen atoms in total. The number of carboxylic acids is 2. The van der Waals surface area contributed by atoms with Crippen LogP contribution in [0.3, 0.4) is 0 Å². The van der Waals surface area contributed by atoms with Crippen LogP contribution in [0.4, 0.5) is 0 Å². The van der Waals surface area contributed by atoms with Crippen LogP contribution in [-0.2, 0) is 39.5 Å². The summed E-state index contributed by atoms with van der Waals surface area (Å²) in [6, 6.07) is 7.93. The van der Waals surface area contributed by atoms with E-state index < -0.39 is 11.9 Å². The van der Waals surface area contributed by atoms with E-state index in [1.807, 2.05) is 32.0 Å². The summed E-state index contributed by atoms with van der Waals surface area (Å²) in [6.45, 7) is 12.3. The Balaban J connectivity index is 0.00000423. The van der Waals surface area contributed by atoms with Crippen molar-refractivity contribution in [3.63, 3.8) is 0 Å². The van der Waals surface area contributed by atoms with Gasteiger partial charge in [0.1, 0.15) is 0 Å². The molecular formula is C34H36FeN4O4. The average Bonchev–Trinajstić information content (AvgIpc) is 3.59. The quantitative estimate of drug-likeness (QED) is 0.260. The minimum Gasteiger partial charge on any atom is -0.657 e. The van der Waals surface area contributed by atoms with E-state index in [1.165, 1.54) is 11.1 Å². The van der Waals surface area contributed by atoms with Gasteiger partial charge in [-0.2, -0.15) is 0 Å². The molecule has 0 aromatic carbocycles. The molecule has 43 heavy (non-hydrogen) atoms. The molecule has 0 fully saturated rings. The minimum absolute atomic E-state index is 0. The zero-order valence-corrected chi connectivity index (χ0v) is 26.5. The summed E-state index contributed by atoms with van der Waals surface area (Å²) in [7, 11) is 0. The molecule has 2 aliphatic heterocycles. The Morgan fingerprint density at radius 3 is 1.37 bits per heavy atom. The molecule has 0 saturated heterocycles. The molecule has 5 heterocycles. The van der Waals surface area contributed by atoms with E-state index in [2.05, 4.69) is 33.8 Å². The zero-order valence-electron chi connectivity index (χ0n) is 25.4. The van der Waals surface area contributed by atoms with Gasteiger partial charge in [-0.1, -0.05) is 54.3 Å². The first kappa shape index (κ1) is 32.0. The van der Waals surface area contributed by atoms with E-state index in [-0.39, 0.29) is 29.9 Å². The van der Waals surface area contributed by atoms with Crippen molar-refractivity contribution in [2.24, 2.45) is 0 Å². The third-order valence-electron chi connectivity index (χ3n) is 8.53. The van der Waals surface area contributed by atoms with Gasteiger partial charge in [0.2, 0.25) is 0 Å². The van der Waals surface area contributed by atoms with Crippen LogP contribution in [0.5, 0.6) is 0 Å². The average molecular weight is 621 g/mol. The minimum atomic E-state index is -0.878. The van der Waals surface area contributed by atoms with Crippen molar-refractivity contribution in [3.05, 3.63) is 69.3 Å². The standard InChI is InChI=1S/C34H38N4O4.Fe/c1-7-21-17(3)25-13-27-19(5)23(9-11-33(39)40)31(37-27)16-32-24(10-12-34(41)42)20(6)28(38-32)14-26-18(4)22(8-2)30(36-26)15-29(21)35-25;/h13-16H,7-12H2,1-6H3,(H4,35,36,37,38,39,40,41,42);/q;+2/p-2. The Labute approximate surface area is 261 Å². The van der Waals surface area contributed by atoms with Crippen molar-refractivity contribution < 1.29 is 36.9 Å². The largest absolute Gasteiger partial charge is 2.00 e. The van der Waals surface area contributed by atoms with Crippen LogP contribution in [0.1, 0.15) is 98.4 Å². The topological polar surface area (TPSA) is 129 Å². The summed E-state index contributed by atoms with van der Waals surface area (Å²) in [4.78, 5) is 43.1. The van der Waals surface area contributed by atoms with Gasteiger partial charge in [-0.3, -0.25) is 9.59 Å². The van der Waals surface area contributed by atoms with Crippen molar-refractivity contribution in [2.75, 3.05) is 0 Å². The first-order valence-corrected chi connectivity index (χ1v) is 14.5. The molecule has 3 aromatic rings. The SMILES string of the molecule is CCC1=C(C)c2cc3[n-]c(cc4[n-]c(cc5nc(cc1n2)C(CC)=C5C)c(C)c4CCC(=O)O)c(CCC(=O)O)c3C.[Fe+2]. The van der Waals surface area contributed by atoms with Crippen molar-refractivity contribution in [1.29, 1.82) is 0 Å². The van der Waals surface area contributed by atoms with Crippen LogP contribution in [0.15, 0.2) is 24.3 Å². The number of carboxylic acid groups (broad SMARTS) is 2. The molecule has 224 valence electrons. The fraction of sp³-hybridized carbons (Fsp3) is 0.353. The maximum absolute atomic E-state index is 11.5. The molecule has 2 aliphatic rings. The molecule has 5 rings (SSSR count). The summed E-state index contributed by atoms with van der Waals surface area (Å²) in [5, 5.41) is 18.9. The van der Waals surface area contributed by atoms with Crippen LogP contribution in [0.25, 0.3) is 44.4 Å². The predicted molar refractivity (Wildman–Crippen MR) is 166 cm³/mol. The van der Waals surface area contributed by atoms with Gasteiger partial charge in [-0.05, 0) is 81.7 Å². The summed E-state index contributed by atoms with van der Waals surface area (Å²) >= 11 is 0. The van der Waals surface area contributed by atoms with Gasteiger partial charge in [0, 0.05) is 12.8 Å². The maximum atomic E-state index is 11.5. The monoisotopic (exact) mass is 620 g/mol. The maximum Gasteiger partial charge on any atom is 2.00 e. The van der Waals surface area contributed by atoms with Crippen LogP contribution in [0.2, 0.25) is 0 Å². The van der Waals surface area contributed by atoms with E-state index in [1.54, 1.807) is 0 Å². The second kappa shape index (κ2) is 12.7. The van der Waals surface area contributed by atoms with Crippen molar-refractivity contribution in [2.45, 2.75) is 80.1 Å². The molecule has 0 aliphatic carbocycles. The van der Waals surface area contributed by atoms with Crippen molar-refractivity contribution in [1.82, 2.24) is 19.9 Å². The Hall–Kier alpha value is -3.94. The number of aryl methyl sites for hydroxylation is 4. The van der Waals surface area contributed by atoms with Gasteiger partial charge in [0.05, 0.1) is 22.8 Å². The Morgan fingerprint density at radius 2 is 1.02 bits per heavy atom. The fourth-order valence-electron chi connectivity index (χ4n) is 6.06. The molecule has 0 atom stereocenters. The van der Waals surface area contributed by atoms with Gasteiger partial charge in [0.15, 0.2) is 0 Å². The first-order chi connectivity index (χ1) is 20.0. The summed E-state index contributed by atoms with van der Waals surface area (Å²) < 4.78 is 0. The number of aromatic nitrogens is 4. The molecule has 9 heteroatoms. The van der Waals surface area contributed by atoms with E-state index in [4.69, 9.17) is 19.9 Å². The van der Waals surface area contributed by atoms with Gasteiger partial charge < -0.3 is 20.2 Å². The molecule has 3 aromatic heterocycles. The number of rotatable bonds is 8. The van der Waals surface area contributed by atoms with Crippen LogP contribution in [-0.4, -0.2) is 32.1 Å². The third-order valence-corrected chi connectivity index (χ3v) is 8.53. The zero-order chi connectivity index (χ0) is 30.3. The van der Waals surface area contributed by atoms with Crippen LogP contribution in [0, 0.1) is 13.8 Å². The molecular weight excluding hydrogens is 584 g/mol. The van der Waals surface area contributed by atoms with E-state index in [0.29, 0.717) is 23.9 Å². The molecule has 2 N–H and O–H groups in total. The second-order valence-corrected chi connectivity index (χ2v) is 11.0. The summed E-state index contributed by atoms with van der Waals surface area (Å²) in [5.41, 5.74) is 14.3. The van der Waals surface area contributed by atoms with Crippen LogP contribution >= 0.6 is 0 Å². The number of allylic oxidation sites excluding steroid dienone is 4. The second-order valence-electron chi connectivity index (χ2n) is 11.0. The van der Waals surface area contributed by atoms with Gasteiger partial charge in [-0.25, -0.2) is 9.97 Å². The number of aliphatic carboxylic acids is 2. The summed E-state index contributed by atoms with van der Waals surface area (Å²) in [6.07, 6.45) is 2.24. The van der Waals surface area contributed by atoms with Crippen molar-refractivity contribution in [3.8, 4) is 0 Å². The predicted octanol–water partition coefficient (Wildman–Crippen LogP) is 6.90. The Kier molecular flexibility index (Phi) is 9.47. The van der Waals surface area contributed by atoms with Gasteiger partial charge in [-0.15, -0.1) is 22.1 Å². The smallest absolute Gasteiger partial charge is 0.657 e. The number of carbonyl (C=O) groups is 2. The van der Waals surface area contributed by atoms with E-state index >= 15 is 0 Å². The number of nitrogens with zero attached hydrogens (tertiary/aromatic N) is 4. The molecule has 0 saturated carbocycles. The van der Waals surface area contributed by atoms with E-state index in [9.17, 15) is 19.8 Å².